The molecule has 0 aliphatic carbocycles. The minimum atomic E-state index is -1.23. The van der Waals surface area contributed by atoms with Crippen LogP contribution in [-0.4, -0.2) is 69.9 Å². The van der Waals surface area contributed by atoms with Gasteiger partial charge in [-0.1, -0.05) is 60.0 Å². The first-order valence-corrected chi connectivity index (χ1v) is 13.8. The van der Waals surface area contributed by atoms with E-state index in [1.165, 1.54) is 9.80 Å². The minimum Gasteiger partial charge on any atom is -0.445 e. The summed E-state index contributed by atoms with van der Waals surface area (Å²) in [6.45, 7) is 11.3. The average Bonchev–Trinajstić information content (AvgIpc) is 3.25. The fraction of sp³-hybridized carbons (Fsp3) is 0.469. The molecule has 0 bridgehead atoms. The van der Waals surface area contributed by atoms with Crippen LogP contribution in [0.3, 0.4) is 0 Å². The molecule has 2 aromatic rings. The molecule has 9 heteroatoms. The molecular weight excluding hydrogens is 522 g/mol. The number of carbonyl (C=O) groups is 3. The molecule has 3 atom stereocenters. The van der Waals surface area contributed by atoms with Crippen LogP contribution in [0.2, 0.25) is 0 Å². The van der Waals surface area contributed by atoms with Crippen molar-refractivity contribution in [2.24, 2.45) is 0 Å². The maximum Gasteiger partial charge on any atom is 0.410 e. The smallest absolute Gasteiger partial charge is 0.410 e. The molecule has 3 amide bonds. The number of ether oxygens (including phenoxy) is 2. The Balaban J connectivity index is 1.84. The first-order valence-electron chi connectivity index (χ1n) is 13.8. The molecule has 1 saturated heterocycles. The number of amides is 3. The number of alkyl carbamates (subject to hydrolysis) is 1. The third-order valence-electron chi connectivity index (χ3n) is 6.72. The highest BCUT2D eigenvalue weighted by molar-refractivity contribution is 5.88. The Bertz CT molecular complexity index is 1280. The lowest BCUT2D eigenvalue weighted by Gasteiger charge is -2.34. The number of likely N-dealkylation sites (tertiary alicyclic amines) is 1. The molecule has 1 heterocycles. The zero-order valence-electron chi connectivity index (χ0n) is 24.8. The van der Waals surface area contributed by atoms with Gasteiger partial charge in [-0.3, -0.25) is 4.79 Å². The van der Waals surface area contributed by atoms with Crippen molar-refractivity contribution in [3.05, 3.63) is 70.8 Å². The molecule has 1 aliphatic rings. The molecule has 0 radical (unpaired) electrons. The van der Waals surface area contributed by atoms with Crippen molar-refractivity contribution in [2.75, 3.05) is 13.1 Å². The van der Waals surface area contributed by atoms with Crippen LogP contribution in [-0.2, 0) is 27.4 Å². The lowest BCUT2D eigenvalue weighted by Crippen LogP contribution is -2.54. The van der Waals surface area contributed by atoms with E-state index in [2.05, 4.69) is 17.2 Å². The first kappa shape index (κ1) is 31.5. The van der Waals surface area contributed by atoms with E-state index in [0.29, 0.717) is 6.42 Å². The predicted octanol–water partition coefficient (Wildman–Crippen LogP) is 4.32. The summed E-state index contributed by atoms with van der Waals surface area (Å²) in [5.74, 6) is 5.07. The zero-order valence-corrected chi connectivity index (χ0v) is 24.8. The highest BCUT2D eigenvalue weighted by Crippen LogP contribution is 2.22. The van der Waals surface area contributed by atoms with Crippen LogP contribution in [0.5, 0.6) is 0 Å². The number of nitrogens with one attached hydrogen (secondary N) is 1. The fourth-order valence-corrected chi connectivity index (χ4v) is 4.70. The number of aliphatic hydroxyl groups is 1. The molecule has 41 heavy (non-hydrogen) atoms. The molecule has 1 fully saturated rings. The Labute approximate surface area is 242 Å². The summed E-state index contributed by atoms with van der Waals surface area (Å²) < 4.78 is 11.0. The summed E-state index contributed by atoms with van der Waals surface area (Å²) in [5, 5.41) is 13.7. The van der Waals surface area contributed by atoms with Crippen molar-refractivity contribution >= 4 is 18.1 Å². The van der Waals surface area contributed by atoms with E-state index in [4.69, 9.17) is 9.47 Å². The topological polar surface area (TPSA) is 108 Å². The van der Waals surface area contributed by atoms with Crippen LogP contribution in [0.1, 0.15) is 56.4 Å². The maximum absolute atomic E-state index is 13.5. The Morgan fingerprint density at radius 1 is 1.17 bits per heavy atom. The third-order valence-corrected chi connectivity index (χ3v) is 6.72. The van der Waals surface area contributed by atoms with E-state index >= 15 is 0 Å². The van der Waals surface area contributed by atoms with Crippen molar-refractivity contribution in [1.29, 1.82) is 0 Å². The van der Waals surface area contributed by atoms with Gasteiger partial charge in [0.1, 0.15) is 24.4 Å². The second-order valence-electron chi connectivity index (χ2n) is 11.3. The molecule has 1 unspecified atom stereocenters. The van der Waals surface area contributed by atoms with Crippen LogP contribution < -0.4 is 5.32 Å². The van der Waals surface area contributed by atoms with E-state index in [-0.39, 0.29) is 32.1 Å². The normalized spacial score (nSPS) is 16.3. The van der Waals surface area contributed by atoms with Gasteiger partial charge in [-0.25, -0.2) is 9.59 Å². The predicted molar refractivity (Wildman–Crippen MR) is 156 cm³/mol. The summed E-state index contributed by atoms with van der Waals surface area (Å²) in [5.41, 5.74) is 3.15. The second kappa shape index (κ2) is 14.0. The summed E-state index contributed by atoms with van der Waals surface area (Å²) >= 11 is 0. The molecule has 0 aromatic heterocycles. The zero-order chi connectivity index (χ0) is 30.2. The van der Waals surface area contributed by atoms with Gasteiger partial charge in [0, 0.05) is 19.6 Å². The van der Waals surface area contributed by atoms with E-state index in [1.54, 1.807) is 27.7 Å². The highest BCUT2D eigenvalue weighted by Gasteiger charge is 2.41. The number of hydrogen-bond acceptors (Lipinski definition) is 6. The number of benzene rings is 2. The SMILES string of the molecule is CC#CC(O)[C@H](CN(Cc1ccc(C)cc1C)C(=O)OCc1ccccc1)N1CC[C@H](NC(=O)OC(C)(C)C)C1=O. The number of carbonyl (C=O) groups excluding carboxylic acids is 3. The number of aliphatic hydroxyl groups excluding tert-OH is 1. The van der Waals surface area contributed by atoms with Crippen LogP contribution in [0, 0.1) is 25.7 Å². The Morgan fingerprint density at radius 3 is 2.51 bits per heavy atom. The fourth-order valence-electron chi connectivity index (χ4n) is 4.70. The third kappa shape index (κ3) is 9.25. The van der Waals surface area contributed by atoms with Crippen molar-refractivity contribution in [3.8, 4) is 11.8 Å². The van der Waals surface area contributed by atoms with Crippen LogP contribution >= 0.6 is 0 Å². The number of rotatable bonds is 9. The molecule has 0 saturated carbocycles. The van der Waals surface area contributed by atoms with E-state index in [1.807, 2.05) is 62.4 Å². The molecule has 0 spiro atoms. The quantitative estimate of drug-likeness (QED) is 0.440. The van der Waals surface area contributed by atoms with Crippen molar-refractivity contribution in [2.45, 2.75) is 84.9 Å². The van der Waals surface area contributed by atoms with Crippen LogP contribution in [0.25, 0.3) is 0 Å². The summed E-state index contributed by atoms with van der Waals surface area (Å²) in [7, 11) is 0. The number of hydrogen-bond donors (Lipinski definition) is 2. The van der Waals surface area contributed by atoms with Crippen LogP contribution in [0.4, 0.5) is 9.59 Å². The highest BCUT2D eigenvalue weighted by atomic mass is 16.6. The van der Waals surface area contributed by atoms with E-state index < -0.39 is 36.0 Å². The van der Waals surface area contributed by atoms with Gasteiger partial charge in [0.15, 0.2) is 0 Å². The molecule has 2 aromatic carbocycles. The molecular formula is C32H41N3O6. The Kier molecular flexibility index (Phi) is 10.8. The van der Waals surface area contributed by atoms with Gasteiger partial charge in [-0.2, -0.15) is 0 Å². The summed E-state index contributed by atoms with van der Waals surface area (Å²) in [4.78, 5) is 42.2. The van der Waals surface area contributed by atoms with Crippen molar-refractivity contribution in [3.63, 3.8) is 0 Å². The van der Waals surface area contributed by atoms with Crippen LogP contribution in [0.15, 0.2) is 48.5 Å². The average molecular weight is 564 g/mol. The van der Waals surface area contributed by atoms with Gasteiger partial charge >= 0.3 is 12.2 Å². The number of aryl methyl sites for hydroxylation is 2. The van der Waals surface area contributed by atoms with Gasteiger partial charge in [-0.15, -0.1) is 5.92 Å². The summed E-state index contributed by atoms with van der Waals surface area (Å²) in [6, 6.07) is 13.7. The molecule has 3 rings (SSSR count). The standard InChI is InChI=1S/C32H41N3O6/c1-7-11-28(36)27(35-17-16-26(29(35)37)33-30(38)41-32(4,5)6)20-34(19-25-15-14-22(2)18-23(25)3)31(39)40-21-24-12-9-8-10-13-24/h8-10,12-15,18,26-28,36H,16-17,19-21H2,1-6H3,(H,33,38)/t26-,27-,28?/m0/s1. The second-order valence-corrected chi connectivity index (χ2v) is 11.3. The minimum absolute atomic E-state index is 0.0261. The maximum atomic E-state index is 13.5. The molecule has 2 N–H and O–H groups in total. The van der Waals surface area contributed by atoms with Gasteiger partial charge in [0.2, 0.25) is 5.91 Å². The first-order chi connectivity index (χ1) is 19.4. The molecule has 220 valence electrons. The van der Waals surface area contributed by atoms with Crippen molar-refractivity contribution < 1.29 is 29.0 Å². The lowest BCUT2D eigenvalue weighted by atomic mass is 10.0. The van der Waals surface area contributed by atoms with Gasteiger partial charge in [0.25, 0.3) is 0 Å². The Hall–Kier alpha value is -4.03. The summed E-state index contributed by atoms with van der Waals surface area (Å²) in [6.07, 6.45) is -2.17. The van der Waals surface area contributed by atoms with Gasteiger partial charge in [0.05, 0.1) is 6.04 Å². The van der Waals surface area contributed by atoms with Gasteiger partial charge < -0.3 is 29.7 Å². The van der Waals surface area contributed by atoms with Gasteiger partial charge in [-0.05, 0) is 64.7 Å². The van der Waals surface area contributed by atoms with E-state index in [9.17, 15) is 19.5 Å². The lowest BCUT2D eigenvalue weighted by molar-refractivity contribution is -0.133. The number of nitrogens with zero attached hydrogens (tertiary/aromatic N) is 2. The monoisotopic (exact) mass is 563 g/mol. The molecule has 1 aliphatic heterocycles. The Morgan fingerprint density at radius 2 is 1.88 bits per heavy atom. The van der Waals surface area contributed by atoms with Crippen molar-refractivity contribution in [1.82, 2.24) is 15.1 Å². The molecule has 9 nitrogen and oxygen atoms in total. The van der Waals surface area contributed by atoms with E-state index in [0.717, 1.165) is 22.3 Å². The largest absolute Gasteiger partial charge is 0.445 e.